The lowest BCUT2D eigenvalue weighted by Crippen LogP contribution is -2.09. The molecule has 0 saturated heterocycles. The first-order chi connectivity index (χ1) is 9.71. The Morgan fingerprint density at radius 2 is 1.67 bits per heavy atom. The molecular weight excluding hydrogens is 295 g/mol. The summed E-state index contributed by atoms with van der Waals surface area (Å²) in [7, 11) is 0. The minimum absolute atomic E-state index is 0.386. The fraction of sp³-hybridized carbons (Fsp3) is 0.0714. The third-order valence-electron chi connectivity index (χ3n) is 2.81. The Balaban J connectivity index is 2.61. The number of rotatable bonds is 2. The zero-order valence-electron chi connectivity index (χ0n) is 10.2. The van der Waals surface area contributed by atoms with Crippen molar-refractivity contribution in [2.75, 3.05) is 0 Å². The molecule has 0 spiro atoms. The predicted molar refractivity (Wildman–Crippen MR) is 63.8 cm³/mol. The second-order valence-corrected chi connectivity index (χ2v) is 4.16. The normalized spacial score (nSPS) is 11.5. The van der Waals surface area contributed by atoms with E-state index < -0.39 is 40.5 Å². The van der Waals surface area contributed by atoms with Crippen molar-refractivity contribution >= 4 is 5.97 Å². The summed E-state index contributed by atoms with van der Waals surface area (Å²) in [4.78, 5) is 10.7. The van der Waals surface area contributed by atoms with E-state index in [2.05, 4.69) is 0 Å². The third kappa shape index (κ3) is 2.86. The molecule has 1 N–H and O–H groups in total. The van der Waals surface area contributed by atoms with E-state index >= 15 is 0 Å². The van der Waals surface area contributed by atoms with Gasteiger partial charge in [0.05, 0.1) is 11.1 Å². The van der Waals surface area contributed by atoms with Crippen LogP contribution >= 0.6 is 0 Å². The summed E-state index contributed by atoms with van der Waals surface area (Å²) in [5.74, 6) is -4.12. The van der Waals surface area contributed by atoms with Gasteiger partial charge in [-0.2, -0.15) is 13.2 Å². The van der Waals surface area contributed by atoms with Gasteiger partial charge in [0, 0.05) is 11.1 Å². The number of alkyl halides is 3. The van der Waals surface area contributed by atoms with Crippen LogP contribution in [0.5, 0.6) is 0 Å². The maximum atomic E-state index is 13.9. The van der Waals surface area contributed by atoms with Crippen molar-refractivity contribution in [2.45, 2.75) is 6.18 Å². The molecule has 0 fully saturated rings. The molecule has 0 heterocycles. The van der Waals surface area contributed by atoms with Gasteiger partial charge in [0.1, 0.15) is 11.6 Å². The van der Waals surface area contributed by atoms with E-state index in [1.54, 1.807) is 0 Å². The largest absolute Gasteiger partial charge is 0.478 e. The number of benzene rings is 2. The van der Waals surface area contributed by atoms with E-state index in [1.165, 1.54) is 0 Å². The molecule has 2 aromatic carbocycles. The smallest absolute Gasteiger partial charge is 0.419 e. The van der Waals surface area contributed by atoms with Crippen LogP contribution in [0.4, 0.5) is 22.0 Å². The summed E-state index contributed by atoms with van der Waals surface area (Å²) in [6.45, 7) is 0. The topological polar surface area (TPSA) is 37.3 Å². The van der Waals surface area contributed by atoms with Gasteiger partial charge in [-0.05, 0) is 18.2 Å². The minimum atomic E-state index is -4.91. The van der Waals surface area contributed by atoms with Gasteiger partial charge in [-0.15, -0.1) is 0 Å². The van der Waals surface area contributed by atoms with Crippen LogP contribution in [0.25, 0.3) is 11.1 Å². The van der Waals surface area contributed by atoms with E-state index in [1.807, 2.05) is 0 Å². The van der Waals surface area contributed by atoms with Crippen molar-refractivity contribution in [1.82, 2.24) is 0 Å². The zero-order chi connectivity index (χ0) is 15.8. The summed E-state index contributed by atoms with van der Waals surface area (Å²) in [6.07, 6.45) is -4.91. The Labute approximate surface area is 115 Å². The third-order valence-corrected chi connectivity index (χ3v) is 2.81. The van der Waals surface area contributed by atoms with Crippen LogP contribution in [-0.2, 0) is 6.18 Å². The van der Waals surface area contributed by atoms with Crippen molar-refractivity contribution in [3.8, 4) is 11.1 Å². The molecule has 0 radical (unpaired) electrons. The number of aromatic carboxylic acids is 1. The first-order valence-electron chi connectivity index (χ1n) is 5.60. The maximum absolute atomic E-state index is 13.9. The molecule has 0 aromatic heterocycles. The Bertz CT molecular complexity index is 707. The summed E-state index contributed by atoms with van der Waals surface area (Å²) >= 11 is 0. The highest BCUT2D eigenvalue weighted by molar-refractivity contribution is 5.88. The highest BCUT2D eigenvalue weighted by Gasteiger charge is 2.35. The van der Waals surface area contributed by atoms with Crippen molar-refractivity contribution < 1.29 is 31.9 Å². The number of carboxylic acids is 1. The average molecular weight is 302 g/mol. The van der Waals surface area contributed by atoms with E-state index in [9.17, 15) is 26.7 Å². The molecule has 21 heavy (non-hydrogen) atoms. The monoisotopic (exact) mass is 302 g/mol. The highest BCUT2D eigenvalue weighted by atomic mass is 19.4. The lowest BCUT2D eigenvalue weighted by atomic mass is 10.00. The number of halogens is 5. The van der Waals surface area contributed by atoms with E-state index in [4.69, 9.17) is 5.11 Å². The Morgan fingerprint density at radius 1 is 1.00 bits per heavy atom. The van der Waals surface area contributed by atoms with Gasteiger partial charge >= 0.3 is 12.1 Å². The molecule has 0 unspecified atom stereocenters. The van der Waals surface area contributed by atoms with Gasteiger partial charge in [0.2, 0.25) is 0 Å². The summed E-state index contributed by atoms with van der Waals surface area (Å²) < 4.78 is 65.5. The molecule has 0 atom stereocenters. The molecule has 2 aromatic rings. The first kappa shape index (κ1) is 15.0. The number of carboxylic acid groups (broad SMARTS) is 1. The van der Waals surface area contributed by atoms with Gasteiger partial charge in [-0.3, -0.25) is 0 Å². The fourth-order valence-corrected chi connectivity index (χ4v) is 1.83. The molecule has 2 nitrogen and oxygen atoms in total. The Hall–Kier alpha value is -2.44. The van der Waals surface area contributed by atoms with Gasteiger partial charge in [0.25, 0.3) is 0 Å². The van der Waals surface area contributed by atoms with Crippen molar-refractivity contribution in [2.24, 2.45) is 0 Å². The van der Waals surface area contributed by atoms with Gasteiger partial charge in [0.15, 0.2) is 0 Å². The van der Waals surface area contributed by atoms with Crippen LogP contribution in [0.3, 0.4) is 0 Å². The molecule has 0 bridgehead atoms. The van der Waals surface area contributed by atoms with Crippen LogP contribution in [-0.4, -0.2) is 11.1 Å². The van der Waals surface area contributed by atoms with Crippen molar-refractivity contribution in [3.63, 3.8) is 0 Å². The fourth-order valence-electron chi connectivity index (χ4n) is 1.83. The van der Waals surface area contributed by atoms with Gasteiger partial charge in [-0.1, -0.05) is 18.2 Å². The molecule has 0 amide bonds. The number of hydrogen-bond acceptors (Lipinski definition) is 1. The van der Waals surface area contributed by atoms with E-state index in [0.717, 1.165) is 24.3 Å². The quantitative estimate of drug-likeness (QED) is 0.837. The molecule has 0 saturated carbocycles. The Kier molecular flexibility index (Phi) is 3.67. The molecular formula is C14H7F5O2. The van der Waals surface area contributed by atoms with Crippen molar-refractivity contribution in [3.05, 3.63) is 59.2 Å². The van der Waals surface area contributed by atoms with Crippen LogP contribution in [0.15, 0.2) is 36.4 Å². The molecule has 2 rings (SSSR count). The Morgan fingerprint density at radius 3 is 2.19 bits per heavy atom. The van der Waals surface area contributed by atoms with Crippen LogP contribution in [0, 0.1) is 11.6 Å². The predicted octanol–water partition coefficient (Wildman–Crippen LogP) is 4.35. The summed E-state index contributed by atoms with van der Waals surface area (Å²) in [6, 6.07) is 5.02. The standard InChI is InChI=1S/C14H7F5O2/c15-11-6-7(13(20)21)4-5-8(11)9-2-1-3-10(12(9)16)14(17,18)19/h1-6H,(H,20,21). The second kappa shape index (κ2) is 5.16. The van der Waals surface area contributed by atoms with E-state index in [0.29, 0.717) is 12.1 Å². The summed E-state index contributed by atoms with van der Waals surface area (Å²) in [5.41, 5.74) is -2.92. The number of hydrogen-bond donors (Lipinski definition) is 1. The minimum Gasteiger partial charge on any atom is -0.478 e. The van der Waals surface area contributed by atoms with Gasteiger partial charge in [-0.25, -0.2) is 13.6 Å². The molecule has 0 aliphatic carbocycles. The van der Waals surface area contributed by atoms with Crippen LogP contribution in [0.2, 0.25) is 0 Å². The lowest BCUT2D eigenvalue weighted by Gasteiger charge is -2.12. The van der Waals surface area contributed by atoms with Crippen LogP contribution < -0.4 is 0 Å². The van der Waals surface area contributed by atoms with Gasteiger partial charge < -0.3 is 5.11 Å². The molecule has 0 aliphatic heterocycles. The number of carbonyl (C=O) groups is 1. The first-order valence-corrected chi connectivity index (χ1v) is 5.60. The molecule has 110 valence electrons. The van der Waals surface area contributed by atoms with E-state index in [-0.39, 0.29) is 5.56 Å². The average Bonchev–Trinajstić information content (AvgIpc) is 2.38. The van der Waals surface area contributed by atoms with Crippen LogP contribution in [0.1, 0.15) is 15.9 Å². The zero-order valence-corrected chi connectivity index (χ0v) is 10.2. The van der Waals surface area contributed by atoms with Crippen molar-refractivity contribution in [1.29, 1.82) is 0 Å². The highest BCUT2D eigenvalue weighted by Crippen LogP contribution is 2.36. The molecule has 0 aliphatic rings. The summed E-state index contributed by atoms with van der Waals surface area (Å²) in [5, 5.41) is 8.69. The SMILES string of the molecule is O=C(O)c1ccc(-c2cccc(C(F)(F)F)c2F)c(F)c1. The molecule has 7 heteroatoms. The lowest BCUT2D eigenvalue weighted by molar-refractivity contribution is -0.139. The maximum Gasteiger partial charge on any atom is 0.419 e. The second-order valence-electron chi connectivity index (χ2n) is 4.16.